The summed E-state index contributed by atoms with van der Waals surface area (Å²) in [6.07, 6.45) is 0. The summed E-state index contributed by atoms with van der Waals surface area (Å²) in [5, 5.41) is 0. The average molecular weight is 292 g/mol. The first kappa shape index (κ1) is 21.3. The van der Waals surface area contributed by atoms with Crippen LogP contribution in [-0.4, -0.2) is 133 Å². The number of hydrogen-bond donors (Lipinski definition) is 2. The van der Waals surface area contributed by atoms with Gasteiger partial charge in [-0.25, -0.2) is 0 Å². The third-order valence-corrected chi connectivity index (χ3v) is 3.07. The van der Waals surface area contributed by atoms with Gasteiger partial charge in [-0.2, -0.15) is 25.6 Å². The predicted molar refractivity (Wildman–Crippen MR) is 42.3 cm³/mol. The van der Waals surface area contributed by atoms with Crippen LogP contribution in [0, 0.1) is 0 Å². The summed E-state index contributed by atoms with van der Waals surface area (Å²) >= 11 is 0. The fourth-order valence-corrected chi connectivity index (χ4v) is 1.20. The van der Waals surface area contributed by atoms with Crippen LogP contribution in [0.1, 0.15) is 0 Å². The van der Waals surface area contributed by atoms with Crippen LogP contribution in [0.5, 0.6) is 0 Å². The maximum atomic E-state index is 11.8. The van der Waals surface area contributed by atoms with Gasteiger partial charge in [0.15, 0.2) is 0 Å². The Kier molecular flexibility index (Phi) is 10.8. The molecule has 0 aromatic carbocycles. The Labute approximate surface area is 158 Å². The molecule has 12 heteroatoms. The normalized spacial score (nSPS) is 12.6. The van der Waals surface area contributed by atoms with E-state index >= 15 is 0 Å². The van der Waals surface area contributed by atoms with Crippen LogP contribution < -0.4 is 0 Å². The molecular formula is CH4F2K2O6S2. The van der Waals surface area contributed by atoms with Crippen LogP contribution in [0.3, 0.4) is 0 Å². The van der Waals surface area contributed by atoms with Gasteiger partial charge in [0.05, 0.1) is 0 Å². The van der Waals surface area contributed by atoms with Crippen molar-refractivity contribution in [3.63, 3.8) is 0 Å². The Morgan fingerprint density at radius 1 is 0.846 bits per heavy atom. The first-order valence-corrected chi connectivity index (χ1v) is 4.70. The maximum absolute atomic E-state index is 11.8. The first-order chi connectivity index (χ1) is 4.50. The summed E-state index contributed by atoms with van der Waals surface area (Å²) < 4.78 is 71.3. The van der Waals surface area contributed by atoms with Crippen LogP contribution in [-0.2, 0) is 20.2 Å². The van der Waals surface area contributed by atoms with Gasteiger partial charge in [0, 0.05) is 0 Å². The predicted octanol–water partition coefficient (Wildman–Crippen LogP) is -1.98. The molecule has 2 N–H and O–H groups in total. The molecule has 0 fully saturated rings. The molecule has 6 nitrogen and oxygen atoms in total. The van der Waals surface area contributed by atoms with Crippen LogP contribution in [0.15, 0.2) is 0 Å². The number of hydrogen-bond acceptors (Lipinski definition) is 4. The van der Waals surface area contributed by atoms with Gasteiger partial charge >= 0.3 is 128 Å². The molecule has 0 heterocycles. The fourth-order valence-electron chi connectivity index (χ4n) is 0.133. The van der Waals surface area contributed by atoms with Gasteiger partial charge in [-0.05, 0) is 0 Å². The Morgan fingerprint density at radius 2 is 1.00 bits per heavy atom. The van der Waals surface area contributed by atoms with Crippen LogP contribution in [0.25, 0.3) is 0 Å². The number of halogens is 2. The molecule has 0 bridgehead atoms. The van der Waals surface area contributed by atoms with E-state index in [1.54, 1.807) is 0 Å². The molecule has 0 aliphatic carbocycles. The van der Waals surface area contributed by atoms with Gasteiger partial charge in [-0.3, -0.25) is 9.11 Å². The van der Waals surface area contributed by atoms with Crippen molar-refractivity contribution in [1.82, 2.24) is 0 Å². The van der Waals surface area contributed by atoms with E-state index < -0.39 is 24.8 Å². The van der Waals surface area contributed by atoms with Gasteiger partial charge in [0.1, 0.15) is 0 Å². The first-order valence-electron chi connectivity index (χ1n) is 1.82. The summed E-state index contributed by atoms with van der Waals surface area (Å²) in [6.45, 7) is 0. The van der Waals surface area contributed by atoms with E-state index in [1.807, 2.05) is 0 Å². The average Bonchev–Trinajstić information content (AvgIpc) is 1.58. The zero-order valence-electron chi connectivity index (χ0n) is 4.60. The van der Waals surface area contributed by atoms with E-state index in [4.69, 9.17) is 9.11 Å². The summed E-state index contributed by atoms with van der Waals surface area (Å²) in [5.41, 5.74) is 0. The minimum atomic E-state index is -6.13. The van der Waals surface area contributed by atoms with E-state index in [1.165, 1.54) is 0 Å². The van der Waals surface area contributed by atoms with Gasteiger partial charge in [-0.15, -0.1) is 0 Å². The van der Waals surface area contributed by atoms with Crippen molar-refractivity contribution in [2.45, 2.75) is 4.59 Å². The second-order valence-corrected chi connectivity index (χ2v) is 4.60. The van der Waals surface area contributed by atoms with E-state index in [-0.39, 0.29) is 103 Å². The van der Waals surface area contributed by atoms with Crippen molar-refractivity contribution in [2.75, 3.05) is 0 Å². The Balaban J connectivity index is -0.000000500. The standard InChI is InChI=1S/CH2F2O6S2.2K.2H/c2-1(3,10(4,5)6)11(7,8)9;;;;/h(H,4,5,6)(H,7,8,9);;;;. The Hall–Kier alpha value is 2.95. The zero-order chi connectivity index (χ0) is 9.50. The molecule has 72 valence electrons. The van der Waals surface area contributed by atoms with Gasteiger partial charge in [0.25, 0.3) is 0 Å². The van der Waals surface area contributed by atoms with Crippen molar-refractivity contribution >= 4 is 123 Å². The van der Waals surface area contributed by atoms with Gasteiger partial charge in [0.2, 0.25) is 0 Å². The van der Waals surface area contributed by atoms with E-state index in [0.29, 0.717) is 0 Å². The molecular weight excluding hydrogens is 288 g/mol. The Bertz CT molecular complexity index is 309. The summed E-state index contributed by atoms with van der Waals surface area (Å²) in [5.74, 6) is 0. The summed E-state index contributed by atoms with van der Waals surface area (Å²) in [7, 11) is -12.3. The second-order valence-electron chi connectivity index (χ2n) is 1.41. The molecule has 0 aliphatic heterocycles. The minimum absolute atomic E-state index is 0. The van der Waals surface area contributed by atoms with Gasteiger partial charge < -0.3 is 0 Å². The molecule has 0 amide bonds. The number of alkyl halides is 2. The monoisotopic (exact) mass is 292 g/mol. The third-order valence-electron chi connectivity index (χ3n) is 0.601. The van der Waals surface area contributed by atoms with E-state index in [0.717, 1.165) is 0 Å². The third kappa shape index (κ3) is 5.71. The van der Waals surface area contributed by atoms with E-state index in [9.17, 15) is 25.6 Å². The molecule has 13 heavy (non-hydrogen) atoms. The van der Waals surface area contributed by atoms with Crippen molar-refractivity contribution in [3.8, 4) is 0 Å². The second kappa shape index (κ2) is 6.63. The summed E-state index contributed by atoms with van der Waals surface area (Å²) in [4.78, 5) is 0. The topological polar surface area (TPSA) is 109 Å². The summed E-state index contributed by atoms with van der Waals surface area (Å²) in [6, 6.07) is 0. The molecule has 0 rings (SSSR count). The van der Waals surface area contributed by atoms with Crippen molar-refractivity contribution in [2.24, 2.45) is 0 Å². The van der Waals surface area contributed by atoms with Crippen molar-refractivity contribution in [1.29, 1.82) is 0 Å². The quantitative estimate of drug-likeness (QED) is 0.451. The van der Waals surface area contributed by atoms with Crippen molar-refractivity contribution in [3.05, 3.63) is 0 Å². The molecule has 0 aromatic heterocycles. The Morgan fingerprint density at radius 3 is 1.00 bits per heavy atom. The SMILES string of the molecule is O=S(=O)(O)C(F)(F)S(=O)(=O)O.[KH].[KH]. The molecule has 0 saturated carbocycles. The molecule has 0 atom stereocenters. The van der Waals surface area contributed by atoms with E-state index in [2.05, 4.69) is 0 Å². The van der Waals surface area contributed by atoms with Crippen LogP contribution >= 0.6 is 0 Å². The fraction of sp³-hybridized carbons (Fsp3) is 1.00. The molecule has 0 spiro atoms. The molecule has 0 radical (unpaired) electrons. The van der Waals surface area contributed by atoms with Crippen LogP contribution in [0.4, 0.5) is 8.78 Å². The zero-order valence-corrected chi connectivity index (χ0v) is 6.23. The molecule has 0 aromatic rings. The van der Waals surface area contributed by atoms with Crippen LogP contribution in [0.2, 0.25) is 0 Å². The molecule has 0 saturated heterocycles. The number of rotatable bonds is 2. The molecule has 0 unspecified atom stereocenters. The molecule has 0 aliphatic rings. The van der Waals surface area contributed by atoms with Gasteiger partial charge in [-0.1, -0.05) is 0 Å². The van der Waals surface area contributed by atoms with Crippen molar-refractivity contribution < 1.29 is 34.7 Å².